The van der Waals surface area contributed by atoms with E-state index in [0.717, 1.165) is 48.4 Å². The van der Waals surface area contributed by atoms with Crippen molar-refractivity contribution in [3.8, 4) is 5.75 Å². The summed E-state index contributed by atoms with van der Waals surface area (Å²) in [6.45, 7) is 17.1. The molecule has 32 heavy (non-hydrogen) atoms. The molecule has 0 aromatic heterocycles. The van der Waals surface area contributed by atoms with E-state index in [1.807, 2.05) is 12.1 Å². The average Bonchev–Trinajstić information content (AvgIpc) is 2.70. The van der Waals surface area contributed by atoms with Crippen molar-refractivity contribution in [3.63, 3.8) is 0 Å². The van der Waals surface area contributed by atoms with Gasteiger partial charge >= 0.3 is 0 Å². The first-order valence-electron chi connectivity index (χ1n) is 11.6. The molecule has 0 unspecified atom stereocenters. The van der Waals surface area contributed by atoms with Gasteiger partial charge in [0.2, 0.25) is 0 Å². The normalized spacial score (nSPS) is 17.5. The topological polar surface area (TPSA) is 46.9 Å². The second-order valence-corrected chi connectivity index (χ2v) is 11.0. The van der Waals surface area contributed by atoms with Gasteiger partial charge in [0.15, 0.2) is 0 Å². The van der Waals surface area contributed by atoms with Crippen LogP contribution in [0.3, 0.4) is 0 Å². The number of aliphatic hydroxyl groups excluding tert-OH is 1. The Kier molecular flexibility index (Phi) is 7.33. The Labute approximate surface area is 192 Å². The van der Waals surface area contributed by atoms with Gasteiger partial charge in [-0.05, 0) is 57.3 Å². The molecule has 176 valence electrons. The molecular formula is C27H39FN2O2. The third kappa shape index (κ3) is 5.51. The van der Waals surface area contributed by atoms with Gasteiger partial charge in [-0.15, -0.1) is 0 Å². The van der Waals surface area contributed by atoms with E-state index in [1.165, 1.54) is 12.1 Å². The van der Waals surface area contributed by atoms with Crippen molar-refractivity contribution >= 4 is 0 Å². The fraction of sp³-hybridized carbons (Fsp3) is 0.556. The summed E-state index contributed by atoms with van der Waals surface area (Å²) in [6.07, 6.45) is 0. The molecule has 1 fully saturated rings. The van der Waals surface area contributed by atoms with Crippen LogP contribution < -0.4 is 0 Å². The van der Waals surface area contributed by atoms with Crippen LogP contribution in [0.15, 0.2) is 36.4 Å². The molecule has 0 bridgehead atoms. The standard InChI is InChI=1S/C27H39FN2O2/c1-26(2,3)22-17-20(18-23(25(22)32)27(4,5)6)24(19-7-9-21(28)10-8-19)30-13-11-29(12-14-30)15-16-31/h7-10,17-18,24,31-32H,11-16H2,1-6H3/t24-/m1/s1. The lowest BCUT2D eigenvalue weighted by Gasteiger charge is -2.40. The Balaban J connectivity index is 2.13. The molecule has 0 radical (unpaired) electrons. The largest absolute Gasteiger partial charge is 0.507 e. The molecular weight excluding hydrogens is 403 g/mol. The molecule has 4 nitrogen and oxygen atoms in total. The summed E-state index contributed by atoms with van der Waals surface area (Å²) in [6, 6.07) is 11.0. The highest BCUT2D eigenvalue weighted by Crippen LogP contribution is 2.43. The second kappa shape index (κ2) is 9.50. The number of hydrogen-bond donors (Lipinski definition) is 2. The Bertz CT molecular complexity index is 870. The summed E-state index contributed by atoms with van der Waals surface area (Å²) in [5, 5.41) is 20.5. The minimum absolute atomic E-state index is 0.0327. The Hall–Kier alpha value is -1.95. The van der Waals surface area contributed by atoms with E-state index in [-0.39, 0.29) is 29.3 Å². The van der Waals surface area contributed by atoms with E-state index >= 15 is 0 Å². The Morgan fingerprint density at radius 1 is 0.844 bits per heavy atom. The zero-order chi connectivity index (χ0) is 23.7. The number of phenolic OH excluding ortho intramolecular Hbond substituents is 1. The van der Waals surface area contributed by atoms with Gasteiger partial charge in [0, 0.05) is 32.7 Å². The van der Waals surface area contributed by atoms with Gasteiger partial charge in [-0.25, -0.2) is 4.39 Å². The first-order valence-corrected chi connectivity index (χ1v) is 11.6. The maximum absolute atomic E-state index is 13.7. The number of piperazine rings is 1. The van der Waals surface area contributed by atoms with E-state index < -0.39 is 0 Å². The molecule has 0 saturated carbocycles. The minimum Gasteiger partial charge on any atom is -0.507 e. The molecule has 5 heteroatoms. The van der Waals surface area contributed by atoms with Crippen LogP contribution in [0.25, 0.3) is 0 Å². The molecule has 0 aliphatic carbocycles. The van der Waals surface area contributed by atoms with Crippen molar-refractivity contribution in [3.05, 3.63) is 64.5 Å². The minimum atomic E-state index is -0.239. The van der Waals surface area contributed by atoms with Gasteiger partial charge in [-0.2, -0.15) is 0 Å². The van der Waals surface area contributed by atoms with Crippen LogP contribution in [0.2, 0.25) is 0 Å². The van der Waals surface area contributed by atoms with Crippen molar-refractivity contribution in [1.82, 2.24) is 9.80 Å². The molecule has 1 heterocycles. The van der Waals surface area contributed by atoms with Gasteiger partial charge < -0.3 is 10.2 Å². The van der Waals surface area contributed by atoms with E-state index in [1.54, 1.807) is 0 Å². The van der Waals surface area contributed by atoms with E-state index in [0.29, 0.717) is 12.3 Å². The van der Waals surface area contributed by atoms with E-state index in [4.69, 9.17) is 0 Å². The number of nitrogens with zero attached hydrogens (tertiary/aromatic N) is 2. The molecule has 2 aromatic rings. The molecule has 2 aromatic carbocycles. The highest BCUT2D eigenvalue weighted by atomic mass is 19.1. The van der Waals surface area contributed by atoms with Gasteiger partial charge in [0.05, 0.1) is 12.6 Å². The number of aliphatic hydroxyl groups is 1. The predicted octanol–water partition coefficient (Wildman–Crippen LogP) is 4.83. The van der Waals surface area contributed by atoms with Crippen LogP contribution in [0, 0.1) is 5.82 Å². The smallest absolute Gasteiger partial charge is 0.123 e. The number of β-amino-alcohol motifs (C(OH)–C–C–N with tert-alkyl or cyclic N) is 1. The molecule has 1 aliphatic rings. The van der Waals surface area contributed by atoms with Crippen molar-refractivity contribution < 1.29 is 14.6 Å². The molecule has 1 aliphatic heterocycles. The van der Waals surface area contributed by atoms with Crippen LogP contribution in [0.4, 0.5) is 4.39 Å². The van der Waals surface area contributed by atoms with Crippen LogP contribution in [-0.4, -0.2) is 59.3 Å². The van der Waals surface area contributed by atoms with Crippen LogP contribution in [0.1, 0.15) is 69.8 Å². The average molecular weight is 443 g/mol. The third-order valence-corrected chi connectivity index (χ3v) is 6.44. The second-order valence-electron chi connectivity index (χ2n) is 11.0. The molecule has 1 atom stereocenters. The summed E-state index contributed by atoms with van der Waals surface area (Å²) in [5.41, 5.74) is 3.62. The fourth-order valence-electron chi connectivity index (χ4n) is 4.60. The van der Waals surface area contributed by atoms with Crippen LogP contribution in [0.5, 0.6) is 5.75 Å². The maximum atomic E-state index is 13.7. The number of phenols is 1. The monoisotopic (exact) mass is 442 g/mol. The van der Waals surface area contributed by atoms with Crippen molar-refractivity contribution in [1.29, 1.82) is 0 Å². The van der Waals surface area contributed by atoms with Gasteiger partial charge in [-0.1, -0.05) is 53.7 Å². The van der Waals surface area contributed by atoms with E-state index in [2.05, 4.69) is 63.5 Å². The lowest BCUT2D eigenvalue weighted by Crippen LogP contribution is -2.48. The lowest BCUT2D eigenvalue weighted by molar-refractivity contribution is 0.0943. The highest BCUT2D eigenvalue weighted by molar-refractivity contribution is 5.52. The number of hydrogen-bond acceptors (Lipinski definition) is 4. The van der Waals surface area contributed by atoms with E-state index in [9.17, 15) is 14.6 Å². The predicted molar refractivity (Wildman–Crippen MR) is 129 cm³/mol. The zero-order valence-corrected chi connectivity index (χ0v) is 20.5. The quantitative estimate of drug-likeness (QED) is 0.697. The molecule has 0 amide bonds. The number of halogens is 1. The van der Waals surface area contributed by atoms with Gasteiger partial charge in [0.25, 0.3) is 0 Å². The molecule has 3 rings (SSSR count). The Morgan fingerprint density at radius 3 is 1.78 bits per heavy atom. The summed E-state index contributed by atoms with van der Waals surface area (Å²) >= 11 is 0. The van der Waals surface area contributed by atoms with Crippen molar-refractivity contribution in [2.45, 2.75) is 58.4 Å². The Morgan fingerprint density at radius 2 is 1.34 bits per heavy atom. The van der Waals surface area contributed by atoms with Crippen LogP contribution >= 0.6 is 0 Å². The first-order chi connectivity index (χ1) is 14.9. The van der Waals surface area contributed by atoms with Gasteiger partial charge in [-0.3, -0.25) is 9.80 Å². The van der Waals surface area contributed by atoms with Crippen molar-refractivity contribution in [2.75, 3.05) is 39.3 Å². The number of aromatic hydroxyl groups is 1. The number of rotatable bonds is 5. The first kappa shape index (κ1) is 24.7. The summed E-state index contributed by atoms with van der Waals surface area (Å²) in [7, 11) is 0. The summed E-state index contributed by atoms with van der Waals surface area (Å²) in [4.78, 5) is 4.71. The number of benzene rings is 2. The molecule has 0 spiro atoms. The highest BCUT2D eigenvalue weighted by Gasteiger charge is 2.31. The lowest BCUT2D eigenvalue weighted by atomic mass is 9.77. The molecule has 1 saturated heterocycles. The fourth-order valence-corrected chi connectivity index (χ4v) is 4.60. The third-order valence-electron chi connectivity index (χ3n) is 6.44. The molecule has 2 N–H and O–H groups in total. The summed E-state index contributed by atoms with van der Waals surface area (Å²) < 4.78 is 13.7. The SMILES string of the molecule is CC(C)(C)c1cc([C@@H](c2ccc(F)cc2)N2CCN(CCO)CC2)cc(C(C)(C)C)c1O. The zero-order valence-electron chi connectivity index (χ0n) is 20.5. The van der Waals surface area contributed by atoms with Crippen LogP contribution in [-0.2, 0) is 10.8 Å². The summed E-state index contributed by atoms with van der Waals surface area (Å²) in [5.74, 6) is 0.135. The van der Waals surface area contributed by atoms with Crippen molar-refractivity contribution in [2.24, 2.45) is 0 Å². The van der Waals surface area contributed by atoms with Gasteiger partial charge in [0.1, 0.15) is 11.6 Å². The maximum Gasteiger partial charge on any atom is 0.123 e.